The minimum atomic E-state index is -0.138. The predicted molar refractivity (Wildman–Crippen MR) is 76.6 cm³/mol. The van der Waals surface area contributed by atoms with Gasteiger partial charge in [-0.3, -0.25) is 10.1 Å². The van der Waals surface area contributed by atoms with Crippen LogP contribution >= 0.6 is 0 Å². The Balaban J connectivity index is 1.70. The van der Waals surface area contributed by atoms with Crippen LogP contribution in [0, 0.1) is 17.8 Å². The van der Waals surface area contributed by atoms with Gasteiger partial charge in [0.2, 0.25) is 5.91 Å². The van der Waals surface area contributed by atoms with Gasteiger partial charge in [-0.05, 0) is 43.4 Å². The fourth-order valence-electron chi connectivity index (χ4n) is 3.95. The quantitative estimate of drug-likeness (QED) is 0.847. The second kappa shape index (κ2) is 4.76. The van der Waals surface area contributed by atoms with Crippen LogP contribution < -0.4 is 5.32 Å². The van der Waals surface area contributed by atoms with Crippen molar-refractivity contribution < 1.29 is 4.79 Å². The first-order valence-corrected chi connectivity index (χ1v) is 8.10. The average molecular weight is 264 g/mol. The largest absolute Gasteiger partial charge is 0.325 e. The molecule has 0 radical (unpaired) electrons. The van der Waals surface area contributed by atoms with Crippen molar-refractivity contribution in [1.82, 2.24) is 10.2 Å². The van der Waals surface area contributed by atoms with E-state index in [1.54, 1.807) is 0 Å². The predicted octanol–water partition coefficient (Wildman–Crippen LogP) is 2.76. The number of carbonyl (C=O) groups excluding carboxylic acids is 1. The van der Waals surface area contributed by atoms with E-state index in [-0.39, 0.29) is 5.54 Å². The Labute approximate surface area is 117 Å². The molecule has 1 aliphatic heterocycles. The molecular weight excluding hydrogens is 236 g/mol. The van der Waals surface area contributed by atoms with Crippen molar-refractivity contribution in [3.8, 4) is 0 Å². The van der Waals surface area contributed by atoms with Crippen molar-refractivity contribution in [3.63, 3.8) is 0 Å². The lowest BCUT2D eigenvalue weighted by atomic mass is 9.97. The van der Waals surface area contributed by atoms with Gasteiger partial charge in [0.15, 0.2) is 0 Å². The van der Waals surface area contributed by atoms with Gasteiger partial charge in [-0.15, -0.1) is 0 Å². The van der Waals surface area contributed by atoms with Gasteiger partial charge in [0.05, 0.1) is 11.7 Å². The van der Waals surface area contributed by atoms with Crippen molar-refractivity contribution in [2.45, 2.75) is 71.0 Å². The molecule has 0 bridgehead atoms. The van der Waals surface area contributed by atoms with Crippen LogP contribution in [0.3, 0.4) is 0 Å². The molecule has 0 aromatic rings. The van der Waals surface area contributed by atoms with Gasteiger partial charge in [0.25, 0.3) is 0 Å². The lowest BCUT2D eigenvalue weighted by Crippen LogP contribution is -2.41. The first kappa shape index (κ1) is 13.4. The molecule has 3 fully saturated rings. The number of nitrogens with zero attached hydrogens (tertiary/aromatic N) is 1. The number of rotatable bonds is 4. The van der Waals surface area contributed by atoms with Crippen LogP contribution in [0.4, 0.5) is 0 Å². The summed E-state index contributed by atoms with van der Waals surface area (Å²) in [7, 11) is 0. The van der Waals surface area contributed by atoms with E-state index in [1.165, 1.54) is 19.3 Å². The molecule has 0 aromatic carbocycles. The normalized spacial score (nSPS) is 36.7. The zero-order valence-corrected chi connectivity index (χ0v) is 12.6. The van der Waals surface area contributed by atoms with Crippen LogP contribution in [0.1, 0.15) is 59.3 Å². The van der Waals surface area contributed by atoms with E-state index in [2.05, 4.69) is 31.0 Å². The van der Waals surface area contributed by atoms with Crippen molar-refractivity contribution >= 4 is 5.91 Å². The zero-order chi connectivity index (χ0) is 13.6. The van der Waals surface area contributed by atoms with E-state index < -0.39 is 0 Å². The maximum atomic E-state index is 12.6. The summed E-state index contributed by atoms with van der Waals surface area (Å²) in [6.45, 7) is 7.85. The summed E-state index contributed by atoms with van der Waals surface area (Å²) in [5.74, 6) is 2.57. The maximum absolute atomic E-state index is 12.6. The number of carbonyl (C=O) groups is 1. The first-order valence-electron chi connectivity index (χ1n) is 8.10. The third-order valence-electron chi connectivity index (χ3n) is 5.40. The molecule has 3 nitrogen and oxygen atoms in total. The highest BCUT2D eigenvalue weighted by molar-refractivity contribution is 5.91. The van der Waals surface area contributed by atoms with E-state index in [4.69, 9.17) is 0 Å². The first-order chi connectivity index (χ1) is 9.02. The van der Waals surface area contributed by atoms with Crippen LogP contribution in [0.2, 0.25) is 0 Å². The summed E-state index contributed by atoms with van der Waals surface area (Å²) >= 11 is 0. The lowest BCUT2D eigenvalue weighted by molar-refractivity contribution is -0.131. The van der Waals surface area contributed by atoms with E-state index in [0.29, 0.717) is 18.0 Å². The lowest BCUT2D eigenvalue weighted by Gasteiger charge is -2.29. The van der Waals surface area contributed by atoms with Crippen molar-refractivity contribution in [1.29, 1.82) is 0 Å². The number of nitrogens with one attached hydrogen (secondary N) is 1. The van der Waals surface area contributed by atoms with E-state index in [1.807, 2.05) is 0 Å². The van der Waals surface area contributed by atoms with Crippen molar-refractivity contribution in [3.05, 3.63) is 0 Å². The van der Waals surface area contributed by atoms with Crippen molar-refractivity contribution in [2.24, 2.45) is 17.8 Å². The van der Waals surface area contributed by atoms with Gasteiger partial charge in [-0.2, -0.15) is 0 Å². The molecule has 3 aliphatic rings. The zero-order valence-electron chi connectivity index (χ0n) is 12.6. The van der Waals surface area contributed by atoms with Gasteiger partial charge < -0.3 is 4.90 Å². The summed E-state index contributed by atoms with van der Waals surface area (Å²) in [4.78, 5) is 14.8. The Morgan fingerprint density at radius 1 is 1.37 bits per heavy atom. The topological polar surface area (TPSA) is 32.3 Å². The molecule has 1 spiro atoms. The highest BCUT2D eigenvalue weighted by atomic mass is 16.2. The molecule has 1 saturated heterocycles. The third kappa shape index (κ3) is 2.42. The van der Waals surface area contributed by atoms with Gasteiger partial charge in [0.1, 0.15) is 0 Å². The minimum Gasteiger partial charge on any atom is -0.325 e. The highest BCUT2D eigenvalue weighted by Gasteiger charge is 2.59. The minimum absolute atomic E-state index is 0.138. The molecule has 2 saturated carbocycles. The molecule has 2 aliphatic carbocycles. The summed E-state index contributed by atoms with van der Waals surface area (Å²) in [6.07, 6.45) is 7.50. The fraction of sp³-hybridized carbons (Fsp3) is 0.938. The smallest absolute Gasteiger partial charge is 0.244 e. The van der Waals surface area contributed by atoms with Crippen LogP contribution in [0.25, 0.3) is 0 Å². The van der Waals surface area contributed by atoms with E-state index in [9.17, 15) is 4.79 Å². The SMILES string of the molecule is CC(C)CC1NC2(CC2)C(=O)N1CC1CCCC1C. The molecule has 19 heavy (non-hydrogen) atoms. The monoisotopic (exact) mass is 264 g/mol. The van der Waals surface area contributed by atoms with Gasteiger partial charge in [-0.25, -0.2) is 0 Å². The molecule has 1 N–H and O–H groups in total. The van der Waals surface area contributed by atoms with Gasteiger partial charge in [0, 0.05) is 6.54 Å². The average Bonchev–Trinajstić information content (AvgIpc) is 2.94. The fourth-order valence-corrected chi connectivity index (χ4v) is 3.95. The van der Waals surface area contributed by atoms with Crippen LogP contribution in [0.15, 0.2) is 0 Å². The standard InChI is InChI=1S/C16H28N2O/c1-11(2)9-14-17-16(7-8-16)15(19)18(14)10-13-6-4-5-12(13)3/h11-14,17H,4-10H2,1-3H3. The Hall–Kier alpha value is -0.570. The molecule has 3 rings (SSSR count). The van der Waals surface area contributed by atoms with Crippen LogP contribution in [-0.4, -0.2) is 29.1 Å². The summed E-state index contributed by atoms with van der Waals surface area (Å²) in [5.41, 5.74) is -0.138. The molecule has 3 atom stereocenters. The molecule has 1 amide bonds. The maximum Gasteiger partial charge on any atom is 0.244 e. The second-order valence-corrected chi connectivity index (χ2v) is 7.50. The molecule has 0 aromatic heterocycles. The van der Waals surface area contributed by atoms with E-state index in [0.717, 1.165) is 37.6 Å². The van der Waals surface area contributed by atoms with Crippen LogP contribution in [-0.2, 0) is 4.79 Å². The number of hydrogen-bond donors (Lipinski definition) is 1. The molecule has 1 heterocycles. The molecule has 108 valence electrons. The summed E-state index contributed by atoms with van der Waals surface area (Å²) in [6, 6.07) is 0. The molecule has 3 heteroatoms. The molecular formula is C16H28N2O. The van der Waals surface area contributed by atoms with Crippen molar-refractivity contribution in [2.75, 3.05) is 6.54 Å². The third-order valence-corrected chi connectivity index (χ3v) is 5.40. The number of hydrogen-bond acceptors (Lipinski definition) is 2. The molecule has 3 unspecified atom stereocenters. The Morgan fingerprint density at radius 3 is 2.63 bits per heavy atom. The second-order valence-electron chi connectivity index (χ2n) is 7.50. The van der Waals surface area contributed by atoms with Crippen LogP contribution in [0.5, 0.6) is 0 Å². The highest BCUT2D eigenvalue weighted by Crippen LogP contribution is 2.44. The Bertz CT molecular complexity index is 362. The van der Waals surface area contributed by atoms with E-state index >= 15 is 0 Å². The Kier molecular flexibility index (Phi) is 3.36. The Morgan fingerprint density at radius 2 is 2.11 bits per heavy atom. The summed E-state index contributed by atoms with van der Waals surface area (Å²) < 4.78 is 0. The summed E-state index contributed by atoms with van der Waals surface area (Å²) in [5, 5.41) is 3.64. The van der Waals surface area contributed by atoms with Gasteiger partial charge >= 0.3 is 0 Å². The van der Waals surface area contributed by atoms with Gasteiger partial charge in [-0.1, -0.05) is 33.6 Å². The number of amides is 1.